The Labute approximate surface area is 95.6 Å². The van der Waals surface area contributed by atoms with Crippen molar-refractivity contribution in [3.63, 3.8) is 0 Å². The molecule has 7 heteroatoms. The van der Waals surface area contributed by atoms with Crippen molar-refractivity contribution in [3.05, 3.63) is 26.8 Å². The van der Waals surface area contributed by atoms with Crippen molar-refractivity contribution in [2.75, 3.05) is 0 Å². The maximum atomic E-state index is 12.8. The van der Waals surface area contributed by atoms with Gasteiger partial charge in [0.2, 0.25) is 5.95 Å². The van der Waals surface area contributed by atoms with E-state index in [1.54, 1.807) is 22.6 Å². The third-order valence-corrected chi connectivity index (χ3v) is 2.44. The second-order valence-electron chi connectivity index (χ2n) is 2.26. The fourth-order valence-electron chi connectivity index (χ4n) is 0.878. The highest BCUT2D eigenvalue weighted by molar-refractivity contribution is 14.1. The second kappa shape index (κ2) is 4.43. The van der Waals surface area contributed by atoms with Crippen LogP contribution in [-0.2, 0) is 0 Å². The summed E-state index contributed by atoms with van der Waals surface area (Å²) >= 11 is 6.64. The molecule has 1 heterocycles. The Morgan fingerprint density at radius 2 is 2.14 bits per heavy atom. The molecule has 1 aromatic rings. The minimum Gasteiger partial charge on any atom is -0.276 e. The second-order valence-corrected chi connectivity index (χ2v) is 3.77. The number of hydrogen-bond acceptors (Lipinski definition) is 2. The van der Waals surface area contributed by atoms with Gasteiger partial charge in [-0.3, -0.25) is 4.79 Å². The highest BCUT2D eigenvalue weighted by Gasteiger charge is 2.25. The van der Waals surface area contributed by atoms with E-state index in [0.29, 0.717) is 0 Å². The number of carbonyl (C=O) groups excluding carboxylic acids is 1. The molecule has 14 heavy (non-hydrogen) atoms. The summed E-state index contributed by atoms with van der Waals surface area (Å²) in [4.78, 5) is 13.9. The molecule has 0 aliphatic heterocycles. The molecule has 76 valence electrons. The van der Waals surface area contributed by atoms with Gasteiger partial charge in [-0.25, -0.2) is 13.8 Å². The van der Waals surface area contributed by atoms with Gasteiger partial charge in [-0.2, -0.15) is 4.39 Å². The van der Waals surface area contributed by atoms with Gasteiger partial charge in [0.05, 0.1) is 11.1 Å². The molecule has 0 atom stereocenters. The number of hydrogen-bond donors (Lipinski definition) is 0. The van der Waals surface area contributed by atoms with E-state index in [4.69, 9.17) is 11.6 Å². The van der Waals surface area contributed by atoms with Crippen LogP contribution in [0.4, 0.5) is 13.2 Å². The summed E-state index contributed by atoms with van der Waals surface area (Å²) in [6, 6.07) is 0. The number of pyridine rings is 1. The zero-order valence-electron chi connectivity index (χ0n) is 6.40. The summed E-state index contributed by atoms with van der Waals surface area (Å²) in [7, 11) is 0. The van der Waals surface area contributed by atoms with Crippen molar-refractivity contribution in [3.8, 4) is 0 Å². The van der Waals surface area contributed by atoms with Gasteiger partial charge in [0.1, 0.15) is 0 Å². The van der Waals surface area contributed by atoms with Crippen LogP contribution in [0.3, 0.4) is 0 Å². The molecule has 0 spiro atoms. The van der Waals surface area contributed by atoms with Crippen LogP contribution in [-0.4, -0.2) is 10.2 Å². The molecule has 0 saturated carbocycles. The fourth-order valence-corrected chi connectivity index (χ4v) is 1.92. The van der Waals surface area contributed by atoms with E-state index >= 15 is 0 Å². The minimum atomic E-state index is -3.12. The average molecular weight is 335 g/mol. The molecule has 0 amide bonds. The lowest BCUT2D eigenvalue weighted by molar-refractivity contribution is 0.106. The van der Waals surface area contributed by atoms with E-state index in [0.717, 1.165) is 6.20 Å². The summed E-state index contributed by atoms with van der Waals surface area (Å²) in [5, 5.41) is -1.12. The van der Waals surface area contributed by atoms with Gasteiger partial charge in [0.25, 0.3) is 11.7 Å². The van der Waals surface area contributed by atoms with Gasteiger partial charge in [-0.05, 0) is 34.2 Å². The quantitative estimate of drug-likeness (QED) is 0.472. The predicted octanol–water partition coefficient (Wildman–Crippen LogP) is 3.14. The highest BCUT2D eigenvalue weighted by atomic mass is 127. The Hall–Kier alpha value is -0.370. The molecule has 1 rings (SSSR count). The Balaban J connectivity index is 3.50. The Morgan fingerprint density at radius 3 is 2.50 bits per heavy atom. The summed E-state index contributed by atoms with van der Waals surface area (Å²) in [5.41, 5.74) is -1.56. The number of rotatable bonds is 2. The SMILES string of the molecule is O=C(Cl)c1c(I)cnc(F)c1C(F)F. The van der Waals surface area contributed by atoms with Crippen LogP contribution < -0.4 is 0 Å². The minimum absolute atomic E-state index is 0.0966. The van der Waals surface area contributed by atoms with Gasteiger partial charge in [0.15, 0.2) is 0 Å². The molecular formula is C7H2ClF3INO. The van der Waals surface area contributed by atoms with Crippen LogP contribution in [0.5, 0.6) is 0 Å². The molecule has 0 saturated heterocycles. The lowest BCUT2D eigenvalue weighted by Gasteiger charge is -2.06. The largest absolute Gasteiger partial charge is 0.276 e. The van der Waals surface area contributed by atoms with Gasteiger partial charge in [-0.15, -0.1) is 0 Å². The van der Waals surface area contributed by atoms with Gasteiger partial charge >= 0.3 is 0 Å². The summed E-state index contributed by atoms with van der Waals surface area (Å²) in [5.74, 6) is -1.37. The van der Waals surface area contributed by atoms with E-state index in [-0.39, 0.29) is 3.57 Å². The lowest BCUT2D eigenvalue weighted by atomic mass is 10.1. The topological polar surface area (TPSA) is 30.0 Å². The molecule has 0 aromatic carbocycles. The maximum absolute atomic E-state index is 12.8. The first-order valence-corrected chi connectivity index (χ1v) is 4.72. The predicted molar refractivity (Wildman–Crippen MR) is 52.1 cm³/mol. The molecule has 0 radical (unpaired) electrons. The zero-order chi connectivity index (χ0) is 10.9. The Morgan fingerprint density at radius 1 is 1.57 bits per heavy atom. The molecule has 0 unspecified atom stereocenters. The molecule has 0 bridgehead atoms. The van der Waals surface area contributed by atoms with Crippen molar-refractivity contribution in [1.29, 1.82) is 0 Å². The fraction of sp³-hybridized carbons (Fsp3) is 0.143. The smallest absolute Gasteiger partial charge is 0.269 e. The Kier molecular flexibility index (Phi) is 3.71. The maximum Gasteiger partial charge on any atom is 0.269 e. The van der Waals surface area contributed by atoms with Crippen LogP contribution in [0.2, 0.25) is 0 Å². The summed E-state index contributed by atoms with van der Waals surface area (Å²) < 4.78 is 37.6. The molecule has 2 nitrogen and oxygen atoms in total. The highest BCUT2D eigenvalue weighted by Crippen LogP contribution is 2.28. The number of aromatic nitrogens is 1. The number of nitrogens with zero attached hydrogens (tertiary/aromatic N) is 1. The number of alkyl halides is 2. The van der Waals surface area contributed by atoms with Crippen LogP contribution in [0, 0.1) is 9.52 Å². The summed E-state index contributed by atoms with van der Waals surface area (Å²) in [6.07, 6.45) is -2.15. The van der Waals surface area contributed by atoms with Crippen molar-refractivity contribution in [2.24, 2.45) is 0 Å². The van der Waals surface area contributed by atoms with Crippen LogP contribution in [0.1, 0.15) is 22.3 Å². The lowest BCUT2D eigenvalue weighted by Crippen LogP contribution is -2.06. The monoisotopic (exact) mass is 335 g/mol. The van der Waals surface area contributed by atoms with E-state index in [1.165, 1.54) is 0 Å². The molecule has 0 aliphatic rings. The van der Waals surface area contributed by atoms with Crippen LogP contribution in [0.25, 0.3) is 0 Å². The van der Waals surface area contributed by atoms with Gasteiger partial charge in [-0.1, -0.05) is 0 Å². The normalized spacial score (nSPS) is 10.7. The molecule has 0 N–H and O–H groups in total. The van der Waals surface area contributed by atoms with Crippen molar-refractivity contribution in [1.82, 2.24) is 4.98 Å². The zero-order valence-corrected chi connectivity index (χ0v) is 9.31. The van der Waals surface area contributed by atoms with E-state index < -0.39 is 28.7 Å². The third-order valence-electron chi connectivity index (χ3n) is 1.44. The first kappa shape index (κ1) is 11.7. The van der Waals surface area contributed by atoms with E-state index in [9.17, 15) is 18.0 Å². The average Bonchev–Trinajstić information content (AvgIpc) is 2.07. The molecule has 0 aliphatic carbocycles. The van der Waals surface area contributed by atoms with E-state index in [1.807, 2.05) is 0 Å². The standard InChI is InChI=1S/C7H2ClF3INO/c8-5(14)3-2(12)1-13-7(11)4(3)6(9)10/h1,6H. The number of carbonyl (C=O) groups is 1. The van der Waals surface area contributed by atoms with E-state index in [2.05, 4.69) is 4.98 Å². The molecule has 0 fully saturated rings. The van der Waals surface area contributed by atoms with Crippen molar-refractivity contribution in [2.45, 2.75) is 6.43 Å². The summed E-state index contributed by atoms with van der Waals surface area (Å²) in [6.45, 7) is 0. The molecule has 1 aromatic heterocycles. The van der Waals surface area contributed by atoms with Crippen LogP contribution in [0.15, 0.2) is 6.20 Å². The first-order valence-electron chi connectivity index (χ1n) is 3.27. The van der Waals surface area contributed by atoms with Gasteiger partial charge in [0, 0.05) is 9.77 Å². The van der Waals surface area contributed by atoms with Crippen molar-refractivity contribution < 1.29 is 18.0 Å². The van der Waals surface area contributed by atoms with Crippen LogP contribution >= 0.6 is 34.2 Å². The Bertz CT molecular complexity index is 385. The molecular weight excluding hydrogens is 333 g/mol. The first-order chi connectivity index (χ1) is 6.45. The van der Waals surface area contributed by atoms with Crippen molar-refractivity contribution >= 4 is 39.4 Å². The third kappa shape index (κ3) is 2.17. The number of halogens is 5. The van der Waals surface area contributed by atoms with Gasteiger partial charge < -0.3 is 0 Å².